The number of carbonyl (C=O) groups excluding carboxylic acids is 1. The first-order valence-electron chi connectivity index (χ1n) is 6.48. The number of pyridine rings is 1. The molecular formula is C15H15ClFN3O. The summed E-state index contributed by atoms with van der Waals surface area (Å²) in [6, 6.07) is 6.09. The molecule has 0 aliphatic heterocycles. The van der Waals surface area contributed by atoms with Crippen molar-refractivity contribution in [2.75, 3.05) is 17.2 Å². The van der Waals surface area contributed by atoms with Gasteiger partial charge in [0.15, 0.2) is 0 Å². The van der Waals surface area contributed by atoms with Crippen LogP contribution in [0.4, 0.5) is 15.9 Å². The van der Waals surface area contributed by atoms with Crippen LogP contribution in [0.3, 0.4) is 0 Å². The predicted molar refractivity (Wildman–Crippen MR) is 82.5 cm³/mol. The Morgan fingerprint density at radius 1 is 1.38 bits per heavy atom. The third kappa shape index (κ3) is 3.70. The number of rotatable bonds is 4. The van der Waals surface area contributed by atoms with Crippen LogP contribution in [-0.2, 0) is 0 Å². The van der Waals surface area contributed by atoms with E-state index in [2.05, 4.69) is 15.6 Å². The van der Waals surface area contributed by atoms with Gasteiger partial charge in [-0.3, -0.25) is 4.79 Å². The maximum atomic E-state index is 13.7. The molecule has 4 nitrogen and oxygen atoms in total. The number of aromatic nitrogens is 1. The van der Waals surface area contributed by atoms with Crippen LogP contribution in [-0.4, -0.2) is 17.4 Å². The standard InChI is InChI=1S/C15H15ClFN3O/c1-3-18-14-11(16)7-10(8-19-14)15(21)20-13-5-4-9(2)6-12(13)17/h4-8H,3H2,1-2H3,(H,18,19)(H,20,21). The minimum Gasteiger partial charge on any atom is -0.369 e. The molecule has 2 rings (SSSR count). The molecule has 1 aromatic heterocycles. The monoisotopic (exact) mass is 307 g/mol. The van der Waals surface area contributed by atoms with Gasteiger partial charge in [-0.2, -0.15) is 0 Å². The summed E-state index contributed by atoms with van der Waals surface area (Å²) in [5.41, 5.74) is 1.17. The molecule has 110 valence electrons. The quantitative estimate of drug-likeness (QED) is 0.901. The molecule has 0 saturated carbocycles. The van der Waals surface area contributed by atoms with E-state index >= 15 is 0 Å². The van der Waals surface area contributed by atoms with Crippen LogP contribution in [0.15, 0.2) is 30.5 Å². The largest absolute Gasteiger partial charge is 0.369 e. The van der Waals surface area contributed by atoms with Crippen molar-refractivity contribution in [1.29, 1.82) is 0 Å². The number of carbonyl (C=O) groups is 1. The molecule has 0 aliphatic rings. The zero-order chi connectivity index (χ0) is 15.4. The first kappa shape index (κ1) is 15.3. The van der Waals surface area contributed by atoms with Gasteiger partial charge >= 0.3 is 0 Å². The summed E-state index contributed by atoms with van der Waals surface area (Å²) in [5, 5.41) is 5.81. The average molecular weight is 308 g/mol. The Hall–Kier alpha value is -2.14. The van der Waals surface area contributed by atoms with Gasteiger partial charge in [-0.25, -0.2) is 9.37 Å². The minimum atomic E-state index is -0.480. The Labute approximate surface area is 127 Å². The summed E-state index contributed by atoms with van der Waals surface area (Å²) >= 11 is 6.03. The second kappa shape index (κ2) is 6.54. The van der Waals surface area contributed by atoms with E-state index in [9.17, 15) is 9.18 Å². The molecule has 21 heavy (non-hydrogen) atoms. The lowest BCUT2D eigenvalue weighted by Gasteiger charge is -2.09. The Balaban J connectivity index is 2.18. The van der Waals surface area contributed by atoms with Crippen molar-refractivity contribution >= 4 is 29.0 Å². The summed E-state index contributed by atoms with van der Waals surface area (Å²) < 4.78 is 13.7. The average Bonchev–Trinajstić information content (AvgIpc) is 2.44. The molecule has 0 aliphatic carbocycles. The lowest BCUT2D eigenvalue weighted by molar-refractivity contribution is 0.102. The molecule has 2 aromatic rings. The van der Waals surface area contributed by atoms with Gasteiger partial charge in [-0.15, -0.1) is 0 Å². The van der Waals surface area contributed by atoms with Crippen LogP contribution < -0.4 is 10.6 Å². The van der Waals surface area contributed by atoms with E-state index < -0.39 is 11.7 Å². The summed E-state index contributed by atoms with van der Waals surface area (Å²) in [6.45, 7) is 4.36. The number of amides is 1. The zero-order valence-corrected chi connectivity index (χ0v) is 12.5. The number of hydrogen-bond acceptors (Lipinski definition) is 3. The molecule has 2 N–H and O–H groups in total. The lowest BCUT2D eigenvalue weighted by Crippen LogP contribution is -2.14. The zero-order valence-electron chi connectivity index (χ0n) is 11.7. The Kier molecular flexibility index (Phi) is 4.75. The Bertz CT molecular complexity index is 676. The fraction of sp³-hybridized carbons (Fsp3) is 0.200. The molecular weight excluding hydrogens is 293 g/mol. The number of nitrogens with one attached hydrogen (secondary N) is 2. The number of benzene rings is 1. The van der Waals surface area contributed by atoms with E-state index in [1.807, 2.05) is 6.92 Å². The van der Waals surface area contributed by atoms with Crippen molar-refractivity contribution in [3.63, 3.8) is 0 Å². The summed E-state index contributed by atoms with van der Waals surface area (Å²) in [5.74, 6) is -0.431. The van der Waals surface area contributed by atoms with E-state index in [0.717, 1.165) is 5.56 Å². The maximum absolute atomic E-state index is 13.7. The molecule has 1 heterocycles. The van der Waals surface area contributed by atoms with Crippen molar-refractivity contribution in [1.82, 2.24) is 4.98 Å². The van der Waals surface area contributed by atoms with E-state index in [-0.39, 0.29) is 11.3 Å². The Morgan fingerprint density at radius 3 is 2.76 bits per heavy atom. The fourth-order valence-electron chi connectivity index (χ4n) is 1.78. The van der Waals surface area contributed by atoms with Gasteiger partial charge in [0.1, 0.15) is 11.6 Å². The first-order valence-corrected chi connectivity index (χ1v) is 6.86. The topological polar surface area (TPSA) is 54.0 Å². The number of anilines is 2. The molecule has 0 bridgehead atoms. The van der Waals surface area contributed by atoms with Crippen molar-refractivity contribution < 1.29 is 9.18 Å². The smallest absolute Gasteiger partial charge is 0.257 e. The molecule has 0 unspecified atom stereocenters. The highest BCUT2D eigenvalue weighted by Gasteiger charge is 2.12. The number of aryl methyl sites for hydroxylation is 1. The van der Waals surface area contributed by atoms with Crippen LogP contribution in [0, 0.1) is 12.7 Å². The predicted octanol–water partition coefficient (Wildman–Crippen LogP) is 3.87. The van der Waals surface area contributed by atoms with Crippen LogP contribution in [0.2, 0.25) is 5.02 Å². The molecule has 0 radical (unpaired) electrons. The molecule has 1 amide bonds. The van der Waals surface area contributed by atoms with Gasteiger partial charge < -0.3 is 10.6 Å². The number of nitrogens with zero attached hydrogens (tertiary/aromatic N) is 1. The normalized spacial score (nSPS) is 10.3. The van der Waals surface area contributed by atoms with Crippen molar-refractivity contribution in [3.8, 4) is 0 Å². The van der Waals surface area contributed by atoms with Gasteiger partial charge in [0, 0.05) is 12.7 Å². The van der Waals surface area contributed by atoms with Crippen LogP contribution in [0.25, 0.3) is 0 Å². The summed E-state index contributed by atoms with van der Waals surface area (Å²) in [6.07, 6.45) is 1.39. The third-order valence-corrected chi connectivity index (χ3v) is 3.11. The SMILES string of the molecule is CCNc1ncc(C(=O)Nc2ccc(C)cc2F)cc1Cl. The molecule has 0 saturated heterocycles. The minimum absolute atomic E-state index is 0.123. The Morgan fingerprint density at radius 2 is 2.14 bits per heavy atom. The van der Waals surface area contributed by atoms with Gasteiger partial charge in [0.25, 0.3) is 5.91 Å². The summed E-state index contributed by atoms with van der Waals surface area (Å²) in [4.78, 5) is 16.1. The van der Waals surface area contributed by atoms with Gasteiger partial charge in [-0.05, 0) is 37.6 Å². The second-order valence-corrected chi connectivity index (χ2v) is 4.93. The van der Waals surface area contributed by atoms with E-state index in [1.54, 1.807) is 13.0 Å². The highest BCUT2D eigenvalue weighted by Crippen LogP contribution is 2.21. The van der Waals surface area contributed by atoms with Crippen molar-refractivity contribution in [2.24, 2.45) is 0 Å². The molecule has 0 atom stereocenters. The van der Waals surface area contributed by atoms with Gasteiger partial charge in [-0.1, -0.05) is 17.7 Å². The summed E-state index contributed by atoms with van der Waals surface area (Å²) in [7, 11) is 0. The maximum Gasteiger partial charge on any atom is 0.257 e. The highest BCUT2D eigenvalue weighted by atomic mass is 35.5. The third-order valence-electron chi connectivity index (χ3n) is 2.82. The highest BCUT2D eigenvalue weighted by molar-refractivity contribution is 6.33. The van der Waals surface area contributed by atoms with E-state index in [0.29, 0.717) is 17.4 Å². The first-order chi connectivity index (χ1) is 10.0. The van der Waals surface area contributed by atoms with Gasteiger partial charge in [0.2, 0.25) is 0 Å². The molecule has 1 aromatic carbocycles. The molecule has 0 spiro atoms. The number of halogens is 2. The fourth-order valence-corrected chi connectivity index (χ4v) is 2.01. The van der Waals surface area contributed by atoms with Crippen molar-refractivity contribution in [3.05, 3.63) is 52.4 Å². The molecule has 0 fully saturated rings. The number of hydrogen-bond donors (Lipinski definition) is 2. The van der Waals surface area contributed by atoms with E-state index in [1.165, 1.54) is 24.4 Å². The van der Waals surface area contributed by atoms with E-state index in [4.69, 9.17) is 11.6 Å². The lowest BCUT2D eigenvalue weighted by atomic mass is 10.2. The van der Waals surface area contributed by atoms with Crippen molar-refractivity contribution in [2.45, 2.75) is 13.8 Å². The van der Waals surface area contributed by atoms with Crippen LogP contribution >= 0.6 is 11.6 Å². The molecule has 6 heteroatoms. The van der Waals surface area contributed by atoms with Gasteiger partial charge in [0.05, 0.1) is 16.3 Å². The van der Waals surface area contributed by atoms with Crippen LogP contribution in [0.1, 0.15) is 22.8 Å². The van der Waals surface area contributed by atoms with Crippen LogP contribution in [0.5, 0.6) is 0 Å². The second-order valence-electron chi connectivity index (χ2n) is 4.52.